The van der Waals surface area contributed by atoms with Crippen molar-refractivity contribution >= 4 is 11.3 Å². The van der Waals surface area contributed by atoms with Gasteiger partial charge in [0.2, 0.25) is 0 Å². The van der Waals surface area contributed by atoms with E-state index in [1.54, 1.807) is 11.3 Å². The molecule has 0 saturated heterocycles. The second-order valence-electron chi connectivity index (χ2n) is 4.71. The van der Waals surface area contributed by atoms with Crippen LogP contribution in [-0.2, 0) is 6.42 Å². The molecule has 1 aromatic heterocycles. The van der Waals surface area contributed by atoms with E-state index < -0.39 is 11.6 Å². The highest BCUT2D eigenvalue weighted by molar-refractivity contribution is 7.10. The van der Waals surface area contributed by atoms with Gasteiger partial charge in [0.25, 0.3) is 0 Å². The van der Waals surface area contributed by atoms with Crippen molar-refractivity contribution in [2.24, 2.45) is 0 Å². The highest BCUT2D eigenvalue weighted by atomic mass is 32.1. The second kappa shape index (κ2) is 6.26. The Kier molecular flexibility index (Phi) is 4.66. The fourth-order valence-electron chi connectivity index (χ4n) is 2.14. The number of benzene rings is 1. The lowest BCUT2D eigenvalue weighted by Crippen LogP contribution is -2.30. The summed E-state index contributed by atoms with van der Waals surface area (Å²) < 4.78 is 27.1. The van der Waals surface area contributed by atoms with Gasteiger partial charge in [-0.3, -0.25) is 0 Å². The zero-order valence-electron chi connectivity index (χ0n) is 11.0. The summed E-state index contributed by atoms with van der Waals surface area (Å²) in [6, 6.07) is 8.23. The average Bonchev–Trinajstić information content (AvgIpc) is 2.88. The van der Waals surface area contributed by atoms with E-state index in [4.69, 9.17) is 0 Å². The van der Waals surface area contributed by atoms with E-state index >= 15 is 0 Å². The van der Waals surface area contributed by atoms with Crippen LogP contribution in [0.1, 0.15) is 30.3 Å². The molecule has 102 valence electrons. The van der Waals surface area contributed by atoms with Gasteiger partial charge in [-0.2, -0.15) is 0 Å². The third kappa shape index (κ3) is 3.61. The number of hydrogen-bond donors (Lipinski definition) is 1. The molecule has 0 aliphatic rings. The number of hydrogen-bond acceptors (Lipinski definition) is 2. The molecule has 4 heteroatoms. The lowest BCUT2D eigenvalue weighted by Gasteiger charge is -2.19. The van der Waals surface area contributed by atoms with Crippen molar-refractivity contribution in [2.45, 2.75) is 32.4 Å². The van der Waals surface area contributed by atoms with Gasteiger partial charge in [-0.1, -0.05) is 12.1 Å². The van der Waals surface area contributed by atoms with E-state index in [9.17, 15) is 8.78 Å². The van der Waals surface area contributed by atoms with Crippen molar-refractivity contribution in [3.05, 3.63) is 57.8 Å². The van der Waals surface area contributed by atoms with E-state index in [-0.39, 0.29) is 17.6 Å². The summed E-state index contributed by atoms with van der Waals surface area (Å²) in [6.45, 7) is 4.00. The Balaban J connectivity index is 2.00. The summed E-state index contributed by atoms with van der Waals surface area (Å²) in [7, 11) is 0. The minimum absolute atomic E-state index is 0.00324. The Morgan fingerprint density at radius 2 is 1.79 bits per heavy atom. The van der Waals surface area contributed by atoms with Gasteiger partial charge in [0.05, 0.1) is 0 Å². The van der Waals surface area contributed by atoms with Gasteiger partial charge in [-0.05, 0) is 43.8 Å². The molecule has 0 saturated carbocycles. The van der Waals surface area contributed by atoms with Crippen molar-refractivity contribution in [3.63, 3.8) is 0 Å². The van der Waals surface area contributed by atoms with Crippen LogP contribution in [0.25, 0.3) is 0 Å². The molecule has 1 nitrogen and oxygen atoms in total. The molecule has 0 amide bonds. The second-order valence-corrected chi connectivity index (χ2v) is 5.69. The Bertz CT molecular complexity index is 505. The maximum atomic E-state index is 13.6. The van der Waals surface area contributed by atoms with Crippen LogP contribution in [-0.4, -0.2) is 6.04 Å². The maximum Gasteiger partial charge on any atom is 0.129 e. The first-order valence-corrected chi connectivity index (χ1v) is 7.18. The molecule has 2 rings (SSSR count). The van der Waals surface area contributed by atoms with Gasteiger partial charge in [0.15, 0.2) is 0 Å². The SMILES string of the molecule is CC(Cc1c(F)cccc1F)NC(C)c1cccs1. The summed E-state index contributed by atoms with van der Waals surface area (Å²) in [6.07, 6.45) is 0.341. The van der Waals surface area contributed by atoms with Crippen molar-refractivity contribution in [2.75, 3.05) is 0 Å². The van der Waals surface area contributed by atoms with Crippen LogP contribution in [0, 0.1) is 11.6 Å². The molecular formula is C15H17F2NS. The monoisotopic (exact) mass is 281 g/mol. The molecule has 1 heterocycles. The minimum atomic E-state index is -0.475. The molecule has 0 radical (unpaired) electrons. The van der Waals surface area contributed by atoms with Crippen LogP contribution < -0.4 is 5.32 Å². The zero-order chi connectivity index (χ0) is 13.8. The number of rotatable bonds is 5. The van der Waals surface area contributed by atoms with Gasteiger partial charge in [-0.15, -0.1) is 11.3 Å². The van der Waals surface area contributed by atoms with E-state index in [1.165, 1.54) is 23.1 Å². The molecule has 1 N–H and O–H groups in total. The molecule has 19 heavy (non-hydrogen) atoms. The Morgan fingerprint density at radius 3 is 2.37 bits per heavy atom. The van der Waals surface area contributed by atoms with E-state index in [0.717, 1.165) is 0 Å². The topological polar surface area (TPSA) is 12.0 Å². The van der Waals surface area contributed by atoms with Gasteiger partial charge >= 0.3 is 0 Å². The third-order valence-electron chi connectivity index (χ3n) is 3.08. The Hall–Kier alpha value is -1.26. The highest BCUT2D eigenvalue weighted by Gasteiger charge is 2.15. The fourth-order valence-corrected chi connectivity index (χ4v) is 2.88. The van der Waals surface area contributed by atoms with Gasteiger partial charge in [0.1, 0.15) is 11.6 Å². The summed E-state index contributed by atoms with van der Waals surface area (Å²) in [5.74, 6) is -0.949. The van der Waals surface area contributed by atoms with Crippen molar-refractivity contribution in [3.8, 4) is 0 Å². The first-order valence-electron chi connectivity index (χ1n) is 6.30. The summed E-state index contributed by atoms with van der Waals surface area (Å²) in [5.41, 5.74) is 0.154. The van der Waals surface area contributed by atoms with Crippen LogP contribution in [0.3, 0.4) is 0 Å². The Morgan fingerprint density at radius 1 is 1.11 bits per heavy atom. The average molecular weight is 281 g/mol. The minimum Gasteiger partial charge on any atom is -0.307 e. The van der Waals surface area contributed by atoms with E-state index in [2.05, 4.69) is 18.3 Å². The van der Waals surface area contributed by atoms with Crippen LogP contribution >= 0.6 is 11.3 Å². The summed E-state index contributed by atoms with van der Waals surface area (Å²) >= 11 is 1.67. The molecule has 2 unspecified atom stereocenters. The molecule has 0 bridgehead atoms. The molecule has 0 fully saturated rings. The molecular weight excluding hydrogens is 264 g/mol. The number of nitrogens with one attached hydrogen (secondary N) is 1. The standard InChI is InChI=1S/C15H17F2NS/c1-10(18-11(2)15-7-4-8-19-15)9-12-13(16)5-3-6-14(12)17/h3-8,10-11,18H,9H2,1-2H3. The first-order chi connectivity index (χ1) is 9.08. The number of halogens is 2. The van der Waals surface area contributed by atoms with Crippen molar-refractivity contribution in [1.82, 2.24) is 5.32 Å². The maximum absolute atomic E-state index is 13.6. The van der Waals surface area contributed by atoms with Gasteiger partial charge in [-0.25, -0.2) is 8.78 Å². The van der Waals surface area contributed by atoms with Crippen molar-refractivity contribution < 1.29 is 8.78 Å². The van der Waals surface area contributed by atoms with Gasteiger partial charge < -0.3 is 5.32 Å². The summed E-state index contributed by atoms with van der Waals surface area (Å²) in [4.78, 5) is 1.22. The molecule has 2 atom stereocenters. The lowest BCUT2D eigenvalue weighted by molar-refractivity contribution is 0.461. The third-order valence-corrected chi connectivity index (χ3v) is 4.13. The smallest absolute Gasteiger partial charge is 0.129 e. The van der Waals surface area contributed by atoms with E-state index in [1.807, 2.05) is 18.4 Å². The predicted molar refractivity (Wildman–Crippen MR) is 75.4 cm³/mol. The lowest BCUT2D eigenvalue weighted by atomic mass is 10.0. The largest absolute Gasteiger partial charge is 0.307 e. The molecule has 2 aromatic rings. The number of thiophene rings is 1. The molecule has 0 spiro atoms. The van der Waals surface area contributed by atoms with Crippen LogP contribution in [0.5, 0.6) is 0 Å². The van der Waals surface area contributed by atoms with Crippen LogP contribution in [0.4, 0.5) is 8.78 Å². The zero-order valence-corrected chi connectivity index (χ0v) is 11.8. The van der Waals surface area contributed by atoms with Crippen LogP contribution in [0.15, 0.2) is 35.7 Å². The Labute approximate surface area is 116 Å². The predicted octanol–water partition coefficient (Wildman–Crippen LogP) is 4.31. The molecule has 0 aliphatic heterocycles. The summed E-state index contributed by atoms with van der Waals surface area (Å²) in [5, 5.41) is 5.38. The fraction of sp³-hybridized carbons (Fsp3) is 0.333. The highest BCUT2D eigenvalue weighted by Crippen LogP contribution is 2.20. The van der Waals surface area contributed by atoms with Crippen molar-refractivity contribution in [1.29, 1.82) is 0 Å². The first kappa shape index (κ1) is 14.2. The molecule has 0 aliphatic carbocycles. The normalized spacial score (nSPS) is 14.3. The van der Waals surface area contributed by atoms with Crippen LogP contribution in [0.2, 0.25) is 0 Å². The van der Waals surface area contributed by atoms with E-state index in [0.29, 0.717) is 6.42 Å². The van der Waals surface area contributed by atoms with Gasteiger partial charge in [0, 0.05) is 22.5 Å². The molecule has 1 aromatic carbocycles. The quantitative estimate of drug-likeness (QED) is 0.861.